The third-order valence-electron chi connectivity index (χ3n) is 3.89. The van der Waals surface area contributed by atoms with E-state index in [1.807, 2.05) is 0 Å². The van der Waals surface area contributed by atoms with Crippen LogP contribution in [-0.2, 0) is 4.79 Å². The van der Waals surface area contributed by atoms with E-state index >= 15 is 0 Å². The van der Waals surface area contributed by atoms with E-state index < -0.39 is 5.97 Å². The van der Waals surface area contributed by atoms with Gasteiger partial charge in [-0.1, -0.05) is 11.6 Å². The molecule has 0 saturated heterocycles. The fraction of sp³-hybridized carbons (Fsp3) is 0.158. The van der Waals surface area contributed by atoms with Crippen LogP contribution in [0.15, 0.2) is 42.5 Å². The number of halogens is 1. The zero-order chi connectivity index (χ0) is 18.1. The molecule has 0 fully saturated rings. The first-order chi connectivity index (χ1) is 11.9. The number of carbonyl (C=O) groups excluding carboxylic acids is 2. The van der Waals surface area contributed by atoms with Crippen LogP contribution in [0.25, 0.3) is 10.9 Å². The van der Waals surface area contributed by atoms with Gasteiger partial charge in [0.1, 0.15) is 5.75 Å². The van der Waals surface area contributed by atoms with Crippen LogP contribution in [0.4, 0.5) is 0 Å². The molecule has 0 aliphatic rings. The van der Waals surface area contributed by atoms with Gasteiger partial charge in [-0.3, -0.25) is 14.2 Å². The molecule has 3 rings (SSSR count). The van der Waals surface area contributed by atoms with Gasteiger partial charge in [0.2, 0.25) is 0 Å². The Balaban J connectivity index is 0. The van der Waals surface area contributed by atoms with E-state index in [2.05, 4.69) is 0 Å². The van der Waals surface area contributed by atoms with Gasteiger partial charge in [-0.05, 0) is 49.4 Å². The molecule has 2 aromatic carbocycles. The van der Waals surface area contributed by atoms with Gasteiger partial charge in [-0.25, -0.2) is 0 Å². The normalized spacial score (nSPS) is 9.24. The van der Waals surface area contributed by atoms with Crippen LogP contribution in [0, 0.1) is 6.92 Å². The molecule has 0 unspecified atom stereocenters. The molecule has 10 heteroatoms. The topological polar surface area (TPSA) is 152 Å². The van der Waals surface area contributed by atoms with Crippen LogP contribution < -0.4 is 9.47 Å². The summed E-state index contributed by atoms with van der Waals surface area (Å²) in [6.45, 7) is 3.06. The standard InChI is InChI=1S/C19H16ClNO4.K.3H2O.H/c1-11-18(25-12(2)22)16-10-15(24-3)8-9-17(16)21(11)19(23)13-4-6-14(20)7-5-13;;;;;/h4-10H,1-3H3;;3*1H2;. The van der Waals surface area contributed by atoms with Crippen LogP contribution in [0.2, 0.25) is 5.02 Å². The van der Waals surface area contributed by atoms with Gasteiger partial charge in [0.15, 0.2) is 5.75 Å². The number of aromatic nitrogens is 1. The number of carbonyl (C=O) groups is 2. The summed E-state index contributed by atoms with van der Waals surface area (Å²) in [5.74, 6) is 0.271. The molecule has 3 aromatic rings. The molecule has 1 heterocycles. The molecule has 0 aliphatic heterocycles. The predicted octanol–water partition coefficient (Wildman–Crippen LogP) is 1.10. The summed E-state index contributed by atoms with van der Waals surface area (Å²) in [5.41, 5.74) is 1.66. The maximum absolute atomic E-state index is 13.0. The van der Waals surface area contributed by atoms with Crippen molar-refractivity contribution in [2.45, 2.75) is 13.8 Å². The van der Waals surface area contributed by atoms with Crippen LogP contribution in [0.1, 0.15) is 23.0 Å². The van der Waals surface area contributed by atoms with E-state index in [9.17, 15) is 9.59 Å². The average molecular weight is 452 g/mol. The Morgan fingerprint density at radius 1 is 1.00 bits per heavy atom. The fourth-order valence-electron chi connectivity index (χ4n) is 2.75. The second-order valence-electron chi connectivity index (χ2n) is 5.54. The molecule has 154 valence electrons. The zero-order valence-corrected chi connectivity index (χ0v) is 16.3. The number of hydrogen-bond acceptors (Lipinski definition) is 4. The van der Waals surface area contributed by atoms with Crippen molar-refractivity contribution in [3.05, 3.63) is 58.7 Å². The van der Waals surface area contributed by atoms with Gasteiger partial charge < -0.3 is 25.9 Å². The number of rotatable bonds is 3. The maximum atomic E-state index is 13.0. The van der Waals surface area contributed by atoms with E-state index in [0.29, 0.717) is 38.7 Å². The summed E-state index contributed by atoms with van der Waals surface area (Å²) >= 11 is 5.89. The second-order valence-corrected chi connectivity index (χ2v) is 5.98. The second kappa shape index (κ2) is 12.4. The van der Waals surface area contributed by atoms with E-state index in [-0.39, 0.29) is 73.7 Å². The number of fused-ring (bicyclic) bond motifs is 1. The van der Waals surface area contributed by atoms with Crippen molar-refractivity contribution in [1.29, 1.82) is 0 Å². The number of methoxy groups -OCH3 is 1. The minimum atomic E-state index is -0.455. The molecule has 1 aromatic heterocycles. The molecular formula is C19H23ClKNO7. The van der Waals surface area contributed by atoms with Crippen LogP contribution in [0.3, 0.4) is 0 Å². The van der Waals surface area contributed by atoms with Gasteiger partial charge in [-0.2, -0.15) is 0 Å². The summed E-state index contributed by atoms with van der Waals surface area (Å²) in [6, 6.07) is 11.9. The molecule has 0 amide bonds. The summed E-state index contributed by atoms with van der Waals surface area (Å²) in [4.78, 5) is 24.5. The molecule has 0 spiro atoms. The first kappa shape index (κ1) is 29.9. The van der Waals surface area contributed by atoms with Gasteiger partial charge in [-0.15, -0.1) is 0 Å². The number of nitrogens with zero attached hydrogens (tertiary/aromatic N) is 1. The zero-order valence-electron chi connectivity index (χ0n) is 15.5. The number of esters is 1. The van der Waals surface area contributed by atoms with Crippen molar-refractivity contribution in [2.24, 2.45) is 0 Å². The molecule has 0 bridgehead atoms. The Morgan fingerprint density at radius 2 is 1.59 bits per heavy atom. The number of ether oxygens (including phenoxy) is 2. The van der Waals surface area contributed by atoms with Crippen LogP contribution in [-0.4, -0.2) is 91.4 Å². The van der Waals surface area contributed by atoms with Crippen LogP contribution >= 0.6 is 11.6 Å². The quantitative estimate of drug-likeness (QED) is 0.432. The van der Waals surface area contributed by atoms with Gasteiger partial charge in [0.25, 0.3) is 5.91 Å². The molecule has 0 saturated carbocycles. The number of hydrogen-bond donors (Lipinski definition) is 0. The third-order valence-corrected chi connectivity index (χ3v) is 4.15. The summed E-state index contributed by atoms with van der Waals surface area (Å²) < 4.78 is 12.1. The van der Waals surface area contributed by atoms with E-state index in [4.69, 9.17) is 21.1 Å². The summed E-state index contributed by atoms with van der Waals surface area (Å²) in [5, 5.41) is 1.19. The van der Waals surface area contributed by atoms with Crippen LogP contribution in [0.5, 0.6) is 11.5 Å². The Kier molecular flexibility index (Phi) is 12.8. The third kappa shape index (κ3) is 6.11. The van der Waals surface area contributed by atoms with Crippen molar-refractivity contribution in [3.8, 4) is 11.5 Å². The monoisotopic (exact) mass is 451 g/mol. The summed E-state index contributed by atoms with van der Waals surface area (Å²) in [7, 11) is 1.55. The SMILES string of the molecule is COc1ccc2c(c1)c(OC(C)=O)c(C)n2C(=O)c1ccc(Cl)cc1.O.O.O.[KH]. The van der Waals surface area contributed by atoms with E-state index in [1.54, 1.807) is 56.5 Å². The number of benzene rings is 2. The van der Waals surface area contributed by atoms with Crippen molar-refractivity contribution >= 4 is 85.8 Å². The fourth-order valence-corrected chi connectivity index (χ4v) is 2.88. The molecule has 0 atom stereocenters. The van der Waals surface area contributed by atoms with Crippen molar-refractivity contribution in [1.82, 2.24) is 4.57 Å². The molecule has 29 heavy (non-hydrogen) atoms. The summed E-state index contributed by atoms with van der Waals surface area (Å²) in [6.07, 6.45) is 0. The molecule has 6 N–H and O–H groups in total. The minimum absolute atomic E-state index is 0. The Bertz CT molecular complexity index is 986. The van der Waals surface area contributed by atoms with Crippen molar-refractivity contribution in [3.63, 3.8) is 0 Å². The molecule has 0 radical (unpaired) electrons. The average Bonchev–Trinajstić information content (AvgIpc) is 2.86. The van der Waals surface area contributed by atoms with Gasteiger partial charge in [0, 0.05) is 22.9 Å². The molecule has 8 nitrogen and oxygen atoms in total. The Hall–Kier alpha value is -1.27. The molecule has 0 aliphatic carbocycles. The van der Waals surface area contributed by atoms with E-state index in [0.717, 1.165) is 0 Å². The van der Waals surface area contributed by atoms with Gasteiger partial charge in [0.05, 0.1) is 18.3 Å². The van der Waals surface area contributed by atoms with Crippen molar-refractivity contribution < 1.29 is 35.5 Å². The van der Waals surface area contributed by atoms with Crippen molar-refractivity contribution in [2.75, 3.05) is 7.11 Å². The molecular weight excluding hydrogens is 429 g/mol. The van der Waals surface area contributed by atoms with Gasteiger partial charge >= 0.3 is 57.4 Å². The predicted molar refractivity (Wildman–Crippen MR) is 114 cm³/mol. The first-order valence-electron chi connectivity index (χ1n) is 7.60. The Labute approximate surface area is 215 Å². The first-order valence-corrected chi connectivity index (χ1v) is 7.98. The van der Waals surface area contributed by atoms with E-state index in [1.165, 1.54) is 11.5 Å². The Morgan fingerprint density at radius 3 is 2.10 bits per heavy atom.